The van der Waals surface area contributed by atoms with Gasteiger partial charge in [-0.1, -0.05) is 0 Å². The van der Waals surface area contributed by atoms with E-state index >= 15 is 0 Å². The third kappa shape index (κ3) is 3.51. The van der Waals surface area contributed by atoms with Crippen molar-refractivity contribution in [3.8, 4) is 0 Å². The van der Waals surface area contributed by atoms with Gasteiger partial charge >= 0.3 is 0 Å². The number of carbonyl (C=O) groups excluding carboxylic acids is 2. The van der Waals surface area contributed by atoms with Crippen LogP contribution < -0.4 is 15.5 Å². The van der Waals surface area contributed by atoms with Crippen molar-refractivity contribution < 1.29 is 9.59 Å². The first-order valence-electron chi connectivity index (χ1n) is 6.32. The maximum atomic E-state index is 11.4. The third-order valence-corrected chi connectivity index (χ3v) is 3.93. The van der Waals surface area contributed by atoms with Crippen molar-refractivity contribution in [3.63, 3.8) is 0 Å². The zero-order chi connectivity index (χ0) is 13.8. The lowest BCUT2D eigenvalue weighted by atomic mass is 10.2. The summed E-state index contributed by atoms with van der Waals surface area (Å²) >= 11 is 1.47. The number of thiazole rings is 1. The molecule has 1 aliphatic rings. The average molecular weight is 282 g/mol. The molecule has 2 amide bonds. The van der Waals surface area contributed by atoms with Crippen LogP contribution in [0.3, 0.4) is 0 Å². The van der Waals surface area contributed by atoms with Gasteiger partial charge in [-0.2, -0.15) is 0 Å². The molecule has 19 heavy (non-hydrogen) atoms. The first-order chi connectivity index (χ1) is 9.10. The van der Waals surface area contributed by atoms with Crippen LogP contribution in [0.25, 0.3) is 0 Å². The molecule has 1 unspecified atom stereocenters. The Morgan fingerprint density at radius 1 is 1.68 bits per heavy atom. The molecule has 2 heterocycles. The molecular weight excluding hydrogens is 264 g/mol. The van der Waals surface area contributed by atoms with Crippen LogP contribution in [0, 0.1) is 0 Å². The Bertz CT molecular complexity index is 474. The van der Waals surface area contributed by atoms with E-state index in [4.69, 9.17) is 0 Å². The summed E-state index contributed by atoms with van der Waals surface area (Å²) in [5.41, 5.74) is 0.902. The first-order valence-corrected chi connectivity index (χ1v) is 7.20. The van der Waals surface area contributed by atoms with Gasteiger partial charge in [-0.15, -0.1) is 11.3 Å². The van der Waals surface area contributed by atoms with Gasteiger partial charge in [-0.3, -0.25) is 14.5 Å². The second kappa shape index (κ2) is 6.12. The molecule has 0 spiro atoms. The van der Waals surface area contributed by atoms with Gasteiger partial charge in [0.25, 0.3) is 0 Å². The van der Waals surface area contributed by atoms with Crippen molar-refractivity contribution in [1.29, 1.82) is 0 Å². The fraction of sp³-hybridized carbons (Fsp3) is 0.583. The molecule has 1 aromatic heterocycles. The van der Waals surface area contributed by atoms with E-state index < -0.39 is 0 Å². The molecule has 1 aromatic rings. The summed E-state index contributed by atoms with van der Waals surface area (Å²) in [5, 5.41) is 8.74. The Labute approximate surface area is 116 Å². The maximum absolute atomic E-state index is 11.4. The number of hydrogen-bond donors (Lipinski definition) is 2. The zero-order valence-corrected chi connectivity index (χ0v) is 11.9. The van der Waals surface area contributed by atoms with E-state index in [0.717, 1.165) is 10.8 Å². The minimum atomic E-state index is 0.00180. The number of amides is 2. The second-order valence-electron chi connectivity index (χ2n) is 4.47. The minimum absolute atomic E-state index is 0.00180. The Hall–Kier alpha value is -1.47. The van der Waals surface area contributed by atoms with Crippen molar-refractivity contribution in [2.24, 2.45) is 0 Å². The minimum Gasteiger partial charge on any atom is -0.354 e. The van der Waals surface area contributed by atoms with Crippen molar-refractivity contribution in [2.45, 2.75) is 32.9 Å². The van der Waals surface area contributed by atoms with Gasteiger partial charge in [0, 0.05) is 44.4 Å². The standard InChI is InChI=1S/C12H18N4O2S/c1-3-16(8(2)17)12-15-10(7-19-12)6-13-9-4-11(18)14-5-9/h7,9,13H,3-6H2,1-2H3,(H,14,18). The van der Waals surface area contributed by atoms with E-state index in [9.17, 15) is 9.59 Å². The first kappa shape index (κ1) is 14.0. The molecule has 1 aliphatic heterocycles. The van der Waals surface area contributed by atoms with Crippen LogP contribution in [0.5, 0.6) is 0 Å². The topological polar surface area (TPSA) is 74.3 Å². The lowest BCUT2D eigenvalue weighted by Gasteiger charge is -2.14. The van der Waals surface area contributed by atoms with Crippen molar-refractivity contribution >= 4 is 28.3 Å². The van der Waals surface area contributed by atoms with Crippen LogP contribution in [0.15, 0.2) is 5.38 Å². The predicted molar refractivity (Wildman–Crippen MR) is 74.1 cm³/mol. The van der Waals surface area contributed by atoms with E-state index in [1.54, 1.807) is 11.8 Å². The summed E-state index contributed by atoms with van der Waals surface area (Å²) in [7, 11) is 0. The maximum Gasteiger partial charge on any atom is 0.225 e. The highest BCUT2D eigenvalue weighted by Gasteiger charge is 2.21. The summed E-state index contributed by atoms with van der Waals surface area (Å²) in [6.07, 6.45) is 0.519. The van der Waals surface area contributed by atoms with E-state index in [-0.39, 0.29) is 17.9 Å². The van der Waals surface area contributed by atoms with Crippen LogP contribution in [-0.4, -0.2) is 35.9 Å². The molecule has 104 valence electrons. The highest BCUT2D eigenvalue weighted by atomic mass is 32.1. The Kier molecular flexibility index (Phi) is 4.49. The van der Waals surface area contributed by atoms with E-state index in [1.807, 2.05) is 12.3 Å². The molecular formula is C12H18N4O2S. The summed E-state index contributed by atoms with van der Waals surface area (Å²) in [6.45, 7) is 5.38. The highest BCUT2D eigenvalue weighted by Crippen LogP contribution is 2.20. The molecule has 0 bridgehead atoms. The summed E-state index contributed by atoms with van der Waals surface area (Å²) in [4.78, 5) is 28.6. The van der Waals surface area contributed by atoms with E-state index in [0.29, 0.717) is 26.1 Å². The molecule has 0 radical (unpaired) electrons. The Balaban J connectivity index is 1.90. The van der Waals surface area contributed by atoms with Gasteiger partial charge < -0.3 is 10.6 Å². The number of nitrogens with zero attached hydrogens (tertiary/aromatic N) is 2. The van der Waals surface area contributed by atoms with Gasteiger partial charge in [-0.05, 0) is 6.92 Å². The highest BCUT2D eigenvalue weighted by molar-refractivity contribution is 7.14. The number of carbonyl (C=O) groups is 2. The normalized spacial score (nSPS) is 18.4. The molecule has 7 heteroatoms. The van der Waals surface area contributed by atoms with Crippen LogP contribution in [0.2, 0.25) is 0 Å². The number of rotatable bonds is 5. The number of hydrogen-bond acceptors (Lipinski definition) is 5. The van der Waals surface area contributed by atoms with Crippen LogP contribution in [0.4, 0.5) is 5.13 Å². The Morgan fingerprint density at radius 3 is 3.05 bits per heavy atom. The van der Waals surface area contributed by atoms with Gasteiger partial charge in [0.15, 0.2) is 5.13 Å². The smallest absolute Gasteiger partial charge is 0.225 e. The number of aromatic nitrogens is 1. The molecule has 2 N–H and O–H groups in total. The van der Waals surface area contributed by atoms with Gasteiger partial charge in [0.1, 0.15) is 0 Å². The molecule has 2 rings (SSSR count). The fourth-order valence-electron chi connectivity index (χ4n) is 1.99. The molecule has 0 saturated carbocycles. The lowest BCUT2D eigenvalue weighted by Crippen LogP contribution is -2.30. The monoisotopic (exact) mass is 282 g/mol. The molecule has 1 fully saturated rings. The lowest BCUT2D eigenvalue weighted by molar-refractivity contribution is -0.119. The zero-order valence-electron chi connectivity index (χ0n) is 11.1. The van der Waals surface area contributed by atoms with Crippen LogP contribution in [0.1, 0.15) is 26.0 Å². The van der Waals surface area contributed by atoms with E-state index in [1.165, 1.54) is 11.3 Å². The van der Waals surface area contributed by atoms with E-state index in [2.05, 4.69) is 15.6 Å². The SMILES string of the molecule is CCN(C(C)=O)c1nc(CNC2CNC(=O)C2)cs1. The van der Waals surface area contributed by atoms with Crippen molar-refractivity contribution in [2.75, 3.05) is 18.0 Å². The molecule has 6 nitrogen and oxygen atoms in total. The van der Waals surface area contributed by atoms with Crippen molar-refractivity contribution in [3.05, 3.63) is 11.1 Å². The third-order valence-electron chi connectivity index (χ3n) is 3.02. The van der Waals surface area contributed by atoms with Crippen LogP contribution >= 0.6 is 11.3 Å². The number of anilines is 1. The Morgan fingerprint density at radius 2 is 2.47 bits per heavy atom. The summed E-state index contributed by atoms with van der Waals surface area (Å²) in [6, 6.07) is 0.174. The second-order valence-corrected chi connectivity index (χ2v) is 5.31. The molecule has 0 aliphatic carbocycles. The average Bonchev–Trinajstić information content (AvgIpc) is 2.96. The predicted octanol–water partition coefficient (Wildman–Crippen LogP) is 0.494. The molecule has 0 aromatic carbocycles. The molecule has 1 atom stereocenters. The van der Waals surface area contributed by atoms with Crippen LogP contribution in [-0.2, 0) is 16.1 Å². The molecule has 1 saturated heterocycles. The van der Waals surface area contributed by atoms with Crippen molar-refractivity contribution in [1.82, 2.24) is 15.6 Å². The largest absolute Gasteiger partial charge is 0.354 e. The number of nitrogens with one attached hydrogen (secondary N) is 2. The van der Waals surface area contributed by atoms with Gasteiger partial charge in [0.05, 0.1) is 5.69 Å². The fourth-order valence-corrected chi connectivity index (χ4v) is 2.92. The quantitative estimate of drug-likeness (QED) is 0.824. The van der Waals surface area contributed by atoms with Gasteiger partial charge in [0.2, 0.25) is 11.8 Å². The summed E-state index contributed by atoms with van der Waals surface area (Å²) in [5.74, 6) is 0.0900. The summed E-state index contributed by atoms with van der Waals surface area (Å²) < 4.78 is 0. The van der Waals surface area contributed by atoms with Gasteiger partial charge in [-0.25, -0.2) is 4.98 Å².